The van der Waals surface area contributed by atoms with Crippen molar-refractivity contribution in [2.75, 3.05) is 11.9 Å². The van der Waals surface area contributed by atoms with Gasteiger partial charge in [0, 0.05) is 6.20 Å². The van der Waals surface area contributed by atoms with Crippen LogP contribution in [0.15, 0.2) is 48.9 Å². The van der Waals surface area contributed by atoms with Crippen molar-refractivity contribution in [3.05, 3.63) is 65.9 Å². The Hall–Kier alpha value is -3.55. The highest BCUT2D eigenvalue weighted by Gasteiger charge is 2.16. The van der Waals surface area contributed by atoms with E-state index in [1.807, 2.05) is 12.1 Å². The van der Waals surface area contributed by atoms with Crippen LogP contribution in [-0.2, 0) is 4.74 Å². The number of ether oxygens (including phenoxy) is 1. The number of pyridine rings is 2. The van der Waals surface area contributed by atoms with E-state index in [0.717, 1.165) is 0 Å². The Morgan fingerprint density at radius 2 is 2.00 bits per heavy atom. The van der Waals surface area contributed by atoms with Gasteiger partial charge in [-0.2, -0.15) is 5.10 Å². The lowest BCUT2D eigenvalue weighted by atomic mass is 10.2. The first kappa shape index (κ1) is 17.3. The minimum Gasteiger partial charge on any atom is -0.461 e. The zero-order valence-electron chi connectivity index (χ0n) is 14.3. The summed E-state index contributed by atoms with van der Waals surface area (Å²) in [6.45, 7) is 3.79. The molecular formula is C18H17N5O3. The number of amides is 1. The molecular weight excluding hydrogens is 334 g/mol. The highest BCUT2D eigenvalue weighted by molar-refractivity contribution is 6.05. The van der Waals surface area contributed by atoms with Crippen LogP contribution in [0.4, 0.5) is 5.69 Å². The molecule has 0 fully saturated rings. The summed E-state index contributed by atoms with van der Waals surface area (Å²) in [7, 11) is 0. The molecule has 0 spiro atoms. The Labute approximate surface area is 149 Å². The van der Waals surface area contributed by atoms with Gasteiger partial charge in [-0.25, -0.2) is 19.4 Å². The third-order valence-corrected chi connectivity index (χ3v) is 3.63. The molecule has 8 nitrogen and oxygen atoms in total. The maximum Gasteiger partial charge on any atom is 0.356 e. The van der Waals surface area contributed by atoms with E-state index < -0.39 is 5.97 Å². The van der Waals surface area contributed by atoms with Gasteiger partial charge in [-0.05, 0) is 38.1 Å². The number of aromatic nitrogens is 4. The molecule has 132 valence electrons. The van der Waals surface area contributed by atoms with E-state index in [0.29, 0.717) is 22.8 Å². The van der Waals surface area contributed by atoms with Crippen LogP contribution >= 0.6 is 0 Å². The molecule has 0 saturated heterocycles. The SMILES string of the molecule is CCOC(=O)c1ccc(NC(=O)c2cnn(-c3ccccn3)c2C)cn1. The van der Waals surface area contributed by atoms with Crippen molar-refractivity contribution in [1.82, 2.24) is 19.7 Å². The number of anilines is 1. The standard InChI is InChI=1S/C18H17N5O3/c1-3-26-18(25)15-8-7-13(10-20-15)22-17(24)14-11-21-23(12(14)2)16-6-4-5-9-19-16/h4-11H,3H2,1-2H3,(H,22,24). The minimum absolute atomic E-state index is 0.184. The van der Waals surface area contributed by atoms with E-state index >= 15 is 0 Å². The van der Waals surface area contributed by atoms with Gasteiger partial charge in [-0.3, -0.25) is 4.79 Å². The van der Waals surface area contributed by atoms with E-state index in [1.165, 1.54) is 18.5 Å². The molecule has 3 aromatic heterocycles. The van der Waals surface area contributed by atoms with Gasteiger partial charge in [0.2, 0.25) is 0 Å². The minimum atomic E-state index is -0.502. The summed E-state index contributed by atoms with van der Waals surface area (Å²) in [5, 5.41) is 6.96. The topological polar surface area (TPSA) is 99.0 Å². The van der Waals surface area contributed by atoms with E-state index in [4.69, 9.17) is 4.74 Å². The Balaban J connectivity index is 1.75. The van der Waals surface area contributed by atoms with Crippen LogP contribution < -0.4 is 5.32 Å². The molecule has 0 aliphatic carbocycles. The fraction of sp³-hybridized carbons (Fsp3) is 0.167. The predicted octanol–water partition coefficient (Wildman–Crippen LogP) is 2.40. The van der Waals surface area contributed by atoms with E-state index in [2.05, 4.69) is 20.4 Å². The van der Waals surface area contributed by atoms with Crippen LogP contribution in [0, 0.1) is 6.92 Å². The van der Waals surface area contributed by atoms with E-state index in [9.17, 15) is 9.59 Å². The number of carbonyl (C=O) groups is 2. The van der Waals surface area contributed by atoms with Gasteiger partial charge in [0.1, 0.15) is 5.69 Å². The Morgan fingerprint density at radius 3 is 2.65 bits per heavy atom. The van der Waals surface area contributed by atoms with Crippen LogP contribution in [0.5, 0.6) is 0 Å². The van der Waals surface area contributed by atoms with Crippen LogP contribution in [0.3, 0.4) is 0 Å². The number of carbonyl (C=O) groups excluding carboxylic acids is 2. The smallest absolute Gasteiger partial charge is 0.356 e. The second-order valence-electron chi connectivity index (χ2n) is 5.35. The monoisotopic (exact) mass is 351 g/mol. The summed E-state index contributed by atoms with van der Waals surface area (Å²) < 4.78 is 6.47. The van der Waals surface area contributed by atoms with E-state index in [-0.39, 0.29) is 18.2 Å². The largest absolute Gasteiger partial charge is 0.461 e. The van der Waals surface area contributed by atoms with Crippen molar-refractivity contribution in [2.24, 2.45) is 0 Å². The number of hydrogen-bond acceptors (Lipinski definition) is 6. The van der Waals surface area contributed by atoms with Crippen molar-refractivity contribution in [1.29, 1.82) is 0 Å². The van der Waals surface area contributed by atoms with Gasteiger partial charge in [-0.1, -0.05) is 6.07 Å². The molecule has 0 aliphatic heterocycles. The average Bonchev–Trinajstić information content (AvgIpc) is 3.05. The Kier molecular flexibility index (Phi) is 5.02. The van der Waals surface area contributed by atoms with Gasteiger partial charge >= 0.3 is 5.97 Å². The highest BCUT2D eigenvalue weighted by Crippen LogP contribution is 2.15. The zero-order valence-corrected chi connectivity index (χ0v) is 14.3. The van der Waals surface area contributed by atoms with Crippen molar-refractivity contribution >= 4 is 17.6 Å². The molecule has 1 amide bonds. The summed E-state index contributed by atoms with van der Waals surface area (Å²) >= 11 is 0. The molecule has 0 radical (unpaired) electrons. The number of rotatable bonds is 5. The summed E-state index contributed by atoms with van der Waals surface area (Å²) in [4.78, 5) is 32.3. The summed E-state index contributed by atoms with van der Waals surface area (Å²) in [5.74, 6) is -0.197. The fourth-order valence-corrected chi connectivity index (χ4v) is 2.33. The molecule has 0 unspecified atom stereocenters. The molecule has 8 heteroatoms. The quantitative estimate of drug-likeness (QED) is 0.709. The van der Waals surface area contributed by atoms with E-state index in [1.54, 1.807) is 36.9 Å². The van der Waals surface area contributed by atoms with Crippen LogP contribution in [0.25, 0.3) is 5.82 Å². The lowest BCUT2D eigenvalue weighted by Gasteiger charge is -2.06. The maximum absolute atomic E-state index is 12.5. The molecule has 3 heterocycles. The molecule has 26 heavy (non-hydrogen) atoms. The average molecular weight is 351 g/mol. The first-order valence-electron chi connectivity index (χ1n) is 8.00. The normalized spacial score (nSPS) is 10.4. The van der Waals surface area contributed by atoms with Gasteiger partial charge < -0.3 is 10.1 Å². The molecule has 0 aliphatic rings. The molecule has 1 N–H and O–H groups in total. The lowest BCUT2D eigenvalue weighted by molar-refractivity contribution is 0.0519. The summed E-state index contributed by atoms with van der Waals surface area (Å²) in [6, 6.07) is 8.55. The second-order valence-corrected chi connectivity index (χ2v) is 5.35. The van der Waals surface area contributed by atoms with Crippen LogP contribution in [0.2, 0.25) is 0 Å². The number of nitrogens with zero attached hydrogens (tertiary/aromatic N) is 4. The van der Waals surface area contributed by atoms with Gasteiger partial charge in [0.05, 0.1) is 35.9 Å². The first-order chi connectivity index (χ1) is 12.6. The number of nitrogens with one attached hydrogen (secondary N) is 1. The Morgan fingerprint density at radius 1 is 1.15 bits per heavy atom. The van der Waals surface area contributed by atoms with Crippen molar-refractivity contribution in [3.8, 4) is 5.82 Å². The maximum atomic E-state index is 12.5. The van der Waals surface area contributed by atoms with Crippen molar-refractivity contribution in [3.63, 3.8) is 0 Å². The molecule has 0 saturated carbocycles. The Bertz CT molecular complexity index is 920. The van der Waals surface area contributed by atoms with Crippen molar-refractivity contribution < 1.29 is 14.3 Å². The third-order valence-electron chi connectivity index (χ3n) is 3.63. The number of hydrogen-bond donors (Lipinski definition) is 1. The molecule has 0 bridgehead atoms. The zero-order chi connectivity index (χ0) is 18.5. The summed E-state index contributed by atoms with van der Waals surface area (Å²) in [5.41, 5.74) is 1.74. The summed E-state index contributed by atoms with van der Waals surface area (Å²) in [6.07, 6.45) is 4.55. The second kappa shape index (κ2) is 7.56. The highest BCUT2D eigenvalue weighted by atomic mass is 16.5. The molecule has 3 aromatic rings. The molecule has 0 atom stereocenters. The lowest BCUT2D eigenvalue weighted by Crippen LogP contribution is -2.14. The predicted molar refractivity (Wildman–Crippen MR) is 94.2 cm³/mol. The molecule has 3 rings (SSSR count). The fourth-order valence-electron chi connectivity index (χ4n) is 2.33. The van der Waals surface area contributed by atoms with Crippen LogP contribution in [-0.4, -0.2) is 38.2 Å². The molecule has 0 aromatic carbocycles. The van der Waals surface area contributed by atoms with Crippen LogP contribution in [0.1, 0.15) is 33.5 Å². The third kappa shape index (κ3) is 3.59. The first-order valence-corrected chi connectivity index (χ1v) is 8.00. The number of esters is 1. The van der Waals surface area contributed by atoms with Gasteiger partial charge in [0.25, 0.3) is 5.91 Å². The van der Waals surface area contributed by atoms with Crippen molar-refractivity contribution in [2.45, 2.75) is 13.8 Å². The van der Waals surface area contributed by atoms with Gasteiger partial charge in [0.15, 0.2) is 5.82 Å². The van der Waals surface area contributed by atoms with Gasteiger partial charge in [-0.15, -0.1) is 0 Å².